The molecule has 25 heavy (non-hydrogen) atoms. The summed E-state index contributed by atoms with van der Waals surface area (Å²) >= 11 is 0. The molecule has 2 unspecified atom stereocenters. The SMILES string of the molecule is C=CCN(Cc1ccc(OC)cc1)C(=O)CC(C)C1CCCNC1.Cl. The highest BCUT2D eigenvalue weighted by atomic mass is 35.5. The fraction of sp³-hybridized carbons (Fsp3) is 0.550. The first kappa shape index (κ1) is 21.5. The van der Waals surface area contributed by atoms with Crippen LogP contribution < -0.4 is 10.1 Å². The lowest BCUT2D eigenvalue weighted by Crippen LogP contribution is -2.37. The molecule has 1 aliphatic rings. The first-order chi connectivity index (χ1) is 11.6. The Hall–Kier alpha value is -1.52. The molecule has 1 aromatic rings. The lowest BCUT2D eigenvalue weighted by Gasteiger charge is -2.30. The van der Waals surface area contributed by atoms with Crippen LogP contribution in [0.2, 0.25) is 0 Å². The van der Waals surface area contributed by atoms with Crippen molar-refractivity contribution in [3.05, 3.63) is 42.5 Å². The topological polar surface area (TPSA) is 41.6 Å². The number of nitrogens with zero attached hydrogens (tertiary/aromatic N) is 1. The summed E-state index contributed by atoms with van der Waals surface area (Å²) < 4.78 is 5.19. The molecule has 0 bridgehead atoms. The second-order valence-electron chi connectivity index (χ2n) is 6.70. The number of benzene rings is 1. The van der Waals surface area contributed by atoms with Crippen LogP contribution in [-0.2, 0) is 11.3 Å². The van der Waals surface area contributed by atoms with Crippen LogP contribution in [0.15, 0.2) is 36.9 Å². The molecule has 0 radical (unpaired) electrons. The first-order valence-electron chi connectivity index (χ1n) is 8.86. The number of carbonyl (C=O) groups excluding carboxylic acids is 1. The monoisotopic (exact) mass is 366 g/mol. The molecular formula is C20H31ClN2O2. The molecule has 1 heterocycles. The second kappa shape index (κ2) is 11.2. The third-order valence-electron chi connectivity index (χ3n) is 4.87. The number of methoxy groups -OCH3 is 1. The van der Waals surface area contributed by atoms with Gasteiger partial charge in [-0.2, -0.15) is 0 Å². The molecule has 4 nitrogen and oxygen atoms in total. The molecule has 0 saturated carbocycles. The van der Waals surface area contributed by atoms with Gasteiger partial charge >= 0.3 is 0 Å². The third-order valence-corrected chi connectivity index (χ3v) is 4.87. The molecule has 1 aliphatic heterocycles. The zero-order valence-corrected chi connectivity index (χ0v) is 16.2. The van der Waals surface area contributed by atoms with Crippen molar-refractivity contribution in [2.24, 2.45) is 11.8 Å². The number of rotatable bonds is 8. The van der Waals surface area contributed by atoms with Crippen LogP contribution in [0.25, 0.3) is 0 Å². The molecule has 5 heteroatoms. The van der Waals surface area contributed by atoms with Crippen LogP contribution in [0, 0.1) is 11.8 Å². The molecular weight excluding hydrogens is 336 g/mol. The van der Waals surface area contributed by atoms with Gasteiger partial charge in [-0.3, -0.25) is 4.79 Å². The van der Waals surface area contributed by atoms with Crippen molar-refractivity contribution in [2.45, 2.75) is 32.7 Å². The summed E-state index contributed by atoms with van der Waals surface area (Å²) in [5.74, 6) is 2.06. The van der Waals surface area contributed by atoms with Crippen LogP contribution in [0.4, 0.5) is 0 Å². The average Bonchev–Trinajstić information content (AvgIpc) is 2.62. The third kappa shape index (κ3) is 6.71. The van der Waals surface area contributed by atoms with Crippen LogP contribution in [0.5, 0.6) is 5.75 Å². The maximum atomic E-state index is 12.7. The number of halogens is 1. The summed E-state index contributed by atoms with van der Waals surface area (Å²) in [7, 11) is 1.66. The second-order valence-corrected chi connectivity index (χ2v) is 6.70. The number of amides is 1. The lowest BCUT2D eigenvalue weighted by atomic mass is 9.85. The van der Waals surface area contributed by atoms with E-state index in [4.69, 9.17) is 4.74 Å². The van der Waals surface area contributed by atoms with E-state index in [0.29, 0.717) is 31.3 Å². The van der Waals surface area contributed by atoms with Crippen molar-refractivity contribution in [3.63, 3.8) is 0 Å². The number of hydrogen-bond acceptors (Lipinski definition) is 3. The Balaban J connectivity index is 0.00000312. The number of carbonyl (C=O) groups is 1. The fourth-order valence-corrected chi connectivity index (χ4v) is 3.30. The van der Waals surface area contributed by atoms with Gasteiger partial charge in [0.2, 0.25) is 5.91 Å². The fourth-order valence-electron chi connectivity index (χ4n) is 3.30. The Morgan fingerprint density at radius 3 is 2.72 bits per heavy atom. The van der Waals surface area contributed by atoms with Crippen LogP contribution >= 0.6 is 12.4 Å². The Kier molecular flexibility index (Phi) is 9.61. The van der Waals surface area contributed by atoms with E-state index in [2.05, 4.69) is 18.8 Å². The van der Waals surface area contributed by atoms with Crippen molar-refractivity contribution in [3.8, 4) is 5.75 Å². The molecule has 1 N–H and O–H groups in total. The van der Waals surface area contributed by atoms with Gasteiger partial charge in [0.1, 0.15) is 5.75 Å². The minimum atomic E-state index is 0. The molecule has 0 spiro atoms. The highest BCUT2D eigenvalue weighted by Crippen LogP contribution is 2.23. The van der Waals surface area contributed by atoms with Gasteiger partial charge in [-0.15, -0.1) is 19.0 Å². The molecule has 1 amide bonds. The Morgan fingerprint density at radius 1 is 1.44 bits per heavy atom. The number of hydrogen-bond donors (Lipinski definition) is 1. The van der Waals surface area contributed by atoms with E-state index in [-0.39, 0.29) is 18.3 Å². The molecule has 2 rings (SSSR count). The minimum Gasteiger partial charge on any atom is -0.497 e. The van der Waals surface area contributed by atoms with Crippen molar-refractivity contribution in [2.75, 3.05) is 26.7 Å². The van der Waals surface area contributed by atoms with E-state index in [1.165, 1.54) is 12.8 Å². The van der Waals surface area contributed by atoms with E-state index < -0.39 is 0 Å². The van der Waals surface area contributed by atoms with Crippen LogP contribution in [0.3, 0.4) is 0 Å². The van der Waals surface area contributed by atoms with E-state index >= 15 is 0 Å². The summed E-state index contributed by atoms with van der Waals surface area (Å²) in [6, 6.07) is 7.89. The molecule has 140 valence electrons. The smallest absolute Gasteiger partial charge is 0.223 e. The summed E-state index contributed by atoms with van der Waals surface area (Å²) in [5, 5.41) is 3.44. The average molecular weight is 367 g/mol. The highest BCUT2D eigenvalue weighted by Gasteiger charge is 2.24. The molecule has 1 aromatic carbocycles. The normalized spacial score (nSPS) is 17.9. The Labute approximate surface area is 158 Å². The summed E-state index contributed by atoms with van der Waals surface area (Å²) in [5.41, 5.74) is 1.11. The Bertz CT molecular complexity index is 527. The number of ether oxygens (including phenoxy) is 1. The highest BCUT2D eigenvalue weighted by molar-refractivity contribution is 5.85. The van der Waals surface area contributed by atoms with Crippen LogP contribution in [0.1, 0.15) is 31.7 Å². The van der Waals surface area contributed by atoms with Gasteiger partial charge in [0.25, 0.3) is 0 Å². The van der Waals surface area contributed by atoms with E-state index in [9.17, 15) is 4.79 Å². The molecule has 0 aliphatic carbocycles. The van der Waals surface area contributed by atoms with Crippen molar-refractivity contribution in [1.82, 2.24) is 10.2 Å². The molecule has 1 fully saturated rings. The zero-order valence-electron chi connectivity index (χ0n) is 15.4. The first-order valence-corrected chi connectivity index (χ1v) is 8.86. The van der Waals surface area contributed by atoms with Crippen LogP contribution in [-0.4, -0.2) is 37.6 Å². The molecule has 0 aromatic heterocycles. The van der Waals surface area contributed by atoms with Gasteiger partial charge in [0.15, 0.2) is 0 Å². The molecule has 2 atom stereocenters. The van der Waals surface area contributed by atoms with Gasteiger partial charge in [-0.05, 0) is 55.5 Å². The van der Waals surface area contributed by atoms with Crippen molar-refractivity contribution in [1.29, 1.82) is 0 Å². The van der Waals surface area contributed by atoms with Gasteiger partial charge in [0.05, 0.1) is 7.11 Å². The minimum absolute atomic E-state index is 0. The molecule has 1 saturated heterocycles. The maximum absolute atomic E-state index is 12.7. The van der Waals surface area contributed by atoms with Crippen molar-refractivity contribution < 1.29 is 9.53 Å². The summed E-state index contributed by atoms with van der Waals surface area (Å²) in [6.07, 6.45) is 4.84. The van der Waals surface area contributed by atoms with Gasteiger partial charge in [-0.1, -0.05) is 25.1 Å². The Morgan fingerprint density at radius 2 is 2.16 bits per heavy atom. The quantitative estimate of drug-likeness (QED) is 0.714. The summed E-state index contributed by atoms with van der Waals surface area (Å²) in [4.78, 5) is 14.6. The standard InChI is InChI=1S/C20H30N2O2.ClH/c1-4-12-22(15-17-7-9-19(24-3)10-8-17)20(23)13-16(2)18-6-5-11-21-14-18;/h4,7-10,16,18,21H,1,5-6,11-15H2,2-3H3;1H. The van der Waals surface area contributed by atoms with Gasteiger partial charge in [0, 0.05) is 19.5 Å². The van der Waals surface area contributed by atoms with Crippen molar-refractivity contribution >= 4 is 18.3 Å². The van der Waals surface area contributed by atoms with E-state index in [1.54, 1.807) is 13.2 Å². The van der Waals surface area contributed by atoms with E-state index in [0.717, 1.165) is 24.4 Å². The maximum Gasteiger partial charge on any atom is 0.223 e. The van der Waals surface area contributed by atoms with Gasteiger partial charge < -0.3 is 15.0 Å². The number of nitrogens with one attached hydrogen (secondary N) is 1. The predicted octanol–water partition coefficient (Wildman–Crippen LogP) is 3.66. The number of piperidine rings is 1. The lowest BCUT2D eigenvalue weighted by molar-refractivity contribution is -0.132. The largest absolute Gasteiger partial charge is 0.497 e. The van der Waals surface area contributed by atoms with Gasteiger partial charge in [-0.25, -0.2) is 0 Å². The summed E-state index contributed by atoms with van der Waals surface area (Å²) in [6.45, 7) is 9.34. The predicted molar refractivity (Wildman–Crippen MR) is 105 cm³/mol. The zero-order chi connectivity index (χ0) is 17.4. The van der Waals surface area contributed by atoms with E-state index in [1.807, 2.05) is 29.2 Å².